The number of amidine groups is 1. The van der Waals surface area contributed by atoms with Crippen LogP contribution < -0.4 is 22.6 Å². The third kappa shape index (κ3) is 4.63. The minimum Gasteiger partial charge on any atom is -0.382 e. The second kappa shape index (κ2) is 8.52. The van der Waals surface area contributed by atoms with Crippen LogP contribution in [0, 0.1) is 0 Å². The van der Waals surface area contributed by atoms with Crippen LogP contribution in [0.5, 0.6) is 0 Å². The Bertz CT molecular complexity index is 894. The average molecular weight is 369 g/mol. The molecule has 1 unspecified atom stereocenters. The van der Waals surface area contributed by atoms with Crippen molar-refractivity contribution in [2.45, 2.75) is 19.4 Å². The van der Waals surface area contributed by atoms with E-state index in [-0.39, 0.29) is 29.4 Å². The summed E-state index contributed by atoms with van der Waals surface area (Å²) >= 11 is 0. The van der Waals surface area contributed by atoms with Crippen LogP contribution in [0.1, 0.15) is 51.5 Å². The molecule has 0 aliphatic rings. The van der Waals surface area contributed by atoms with Gasteiger partial charge in [-0.05, 0) is 11.6 Å². The molecule has 7 N–H and O–H groups in total. The lowest BCUT2D eigenvalue weighted by atomic mass is 10.0. The van der Waals surface area contributed by atoms with E-state index in [0.29, 0.717) is 11.1 Å². The third-order valence-electron chi connectivity index (χ3n) is 3.75. The molecule has 0 saturated carbocycles. The number of Topliss-reactive ketones (excluding diaryl/α,β-unsaturated/α-hetero) is 1. The molecule has 10 heteroatoms. The highest BCUT2D eigenvalue weighted by Gasteiger charge is 2.22. The SMILES string of the molecule is CCC(=O)c1cc(C(=O)NC(C(N)=O)c2ccc(/C(N)=N/N)cc2)ncn1. The fraction of sp³-hybridized carbons (Fsp3) is 0.176. The summed E-state index contributed by atoms with van der Waals surface area (Å²) in [7, 11) is 0. The predicted octanol–water partition coefficient (Wildman–Crippen LogP) is -0.395. The number of ketones is 1. The van der Waals surface area contributed by atoms with Gasteiger partial charge in [-0.1, -0.05) is 31.2 Å². The van der Waals surface area contributed by atoms with E-state index in [1.54, 1.807) is 31.2 Å². The first-order chi connectivity index (χ1) is 12.9. The van der Waals surface area contributed by atoms with E-state index >= 15 is 0 Å². The van der Waals surface area contributed by atoms with Gasteiger partial charge in [0.15, 0.2) is 5.78 Å². The molecule has 2 rings (SSSR count). The van der Waals surface area contributed by atoms with E-state index < -0.39 is 17.9 Å². The van der Waals surface area contributed by atoms with E-state index in [9.17, 15) is 14.4 Å². The normalized spacial score (nSPS) is 12.3. The number of benzene rings is 1. The van der Waals surface area contributed by atoms with Gasteiger partial charge in [-0.25, -0.2) is 9.97 Å². The maximum Gasteiger partial charge on any atom is 0.270 e. The monoisotopic (exact) mass is 369 g/mol. The molecular weight excluding hydrogens is 350 g/mol. The van der Waals surface area contributed by atoms with E-state index in [1.807, 2.05) is 0 Å². The molecule has 0 aliphatic heterocycles. The maximum atomic E-state index is 12.4. The lowest BCUT2D eigenvalue weighted by Crippen LogP contribution is -2.38. The molecule has 0 spiro atoms. The molecule has 10 nitrogen and oxygen atoms in total. The van der Waals surface area contributed by atoms with E-state index in [4.69, 9.17) is 17.3 Å². The van der Waals surface area contributed by atoms with Crippen molar-refractivity contribution in [2.75, 3.05) is 0 Å². The Morgan fingerprint density at radius 3 is 2.30 bits per heavy atom. The number of carbonyl (C=O) groups is 3. The predicted molar refractivity (Wildman–Crippen MR) is 97.4 cm³/mol. The van der Waals surface area contributed by atoms with Crippen LogP contribution in [-0.2, 0) is 4.79 Å². The van der Waals surface area contributed by atoms with E-state index in [2.05, 4.69) is 20.4 Å². The molecule has 1 aromatic carbocycles. The summed E-state index contributed by atoms with van der Waals surface area (Å²) < 4.78 is 0. The first kappa shape index (κ1) is 19.5. The number of carbonyl (C=O) groups excluding carboxylic acids is 3. The number of nitrogens with two attached hydrogens (primary N) is 3. The van der Waals surface area contributed by atoms with Crippen molar-refractivity contribution in [3.05, 3.63) is 59.2 Å². The first-order valence-electron chi connectivity index (χ1n) is 7.96. The van der Waals surface area contributed by atoms with Gasteiger partial charge in [0.05, 0.1) is 0 Å². The molecule has 0 aliphatic carbocycles. The number of hydrogen-bond acceptors (Lipinski definition) is 7. The van der Waals surface area contributed by atoms with Crippen molar-refractivity contribution in [1.29, 1.82) is 0 Å². The van der Waals surface area contributed by atoms with Gasteiger partial charge < -0.3 is 22.6 Å². The molecular formula is C17H19N7O3. The van der Waals surface area contributed by atoms with Crippen molar-refractivity contribution in [1.82, 2.24) is 15.3 Å². The largest absolute Gasteiger partial charge is 0.382 e. The second-order valence-electron chi connectivity index (χ2n) is 5.51. The molecule has 0 radical (unpaired) electrons. The van der Waals surface area contributed by atoms with Gasteiger partial charge in [0.1, 0.15) is 29.6 Å². The van der Waals surface area contributed by atoms with Crippen molar-refractivity contribution < 1.29 is 14.4 Å². The summed E-state index contributed by atoms with van der Waals surface area (Å²) in [6.07, 6.45) is 1.35. The highest BCUT2D eigenvalue weighted by molar-refractivity contribution is 6.00. The number of hydrazone groups is 1. The molecule has 1 heterocycles. The summed E-state index contributed by atoms with van der Waals surface area (Å²) in [6, 6.07) is 6.46. The fourth-order valence-corrected chi connectivity index (χ4v) is 2.26. The average Bonchev–Trinajstić information content (AvgIpc) is 2.70. The van der Waals surface area contributed by atoms with Crippen LogP contribution in [-0.4, -0.2) is 33.4 Å². The molecule has 2 amide bonds. The number of nitrogens with zero attached hydrogens (tertiary/aromatic N) is 3. The molecule has 0 fully saturated rings. The Hall–Kier alpha value is -3.82. The van der Waals surface area contributed by atoms with Gasteiger partial charge >= 0.3 is 0 Å². The summed E-state index contributed by atoms with van der Waals surface area (Å²) in [5.41, 5.74) is 12.1. The van der Waals surface area contributed by atoms with Crippen molar-refractivity contribution in [3.63, 3.8) is 0 Å². The third-order valence-corrected chi connectivity index (χ3v) is 3.75. The van der Waals surface area contributed by atoms with Crippen molar-refractivity contribution in [2.24, 2.45) is 22.4 Å². The Morgan fingerprint density at radius 1 is 1.11 bits per heavy atom. The van der Waals surface area contributed by atoms with Gasteiger partial charge in [0.25, 0.3) is 5.91 Å². The first-order valence-corrected chi connectivity index (χ1v) is 7.96. The zero-order chi connectivity index (χ0) is 20.0. The fourth-order valence-electron chi connectivity index (χ4n) is 2.26. The van der Waals surface area contributed by atoms with Crippen LogP contribution in [0.3, 0.4) is 0 Å². The van der Waals surface area contributed by atoms with Gasteiger partial charge in [-0.3, -0.25) is 14.4 Å². The Labute approximate surface area is 154 Å². The van der Waals surface area contributed by atoms with Gasteiger partial charge in [0.2, 0.25) is 5.91 Å². The maximum absolute atomic E-state index is 12.4. The number of nitrogens with one attached hydrogen (secondary N) is 1. The quantitative estimate of drug-likeness (QED) is 0.168. The van der Waals surface area contributed by atoms with Crippen LogP contribution in [0.4, 0.5) is 0 Å². The van der Waals surface area contributed by atoms with Crippen molar-refractivity contribution >= 4 is 23.4 Å². The zero-order valence-electron chi connectivity index (χ0n) is 14.5. The van der Waals surface area contributed by atoms with Crippen molar-refractivity contribution in [3.8, 4) is 0 Å². The van der Waals surface area contributed by atoms with E-state index in [0.717, 1.165) is 6.33 Å². The number of primary amides is 1. The molecule has 1 atom stereocenters. The van der Waals surface area contributed by atoms with Crippen LogP contribution >= 0.6 is 0 Å². The molecule has 0 saturated heterocycles. The molecule has 1 aromatic heterocycles. The molecule has 27 heavy (non-hydrogen) atoms. The van der Waals surface area contributed by atoms with Gasteiger partial charge in [-0.2, -0.15) is 5.10 Å². The summed E-state index contributed by atoms with van der Waals surface area (Å²) in [5, 5.41) is 5.87. The number of amides is 2. The molecule has 0 bridgehead atoms. The molecule has 140 valence electrons. The highest BCUT2D eigenvalue weighted by atomic mass is 16.2. The Balaban J connectivity index is 2.25. The lowest BCUT2D eigenvalue weighted by Gasteiger charge is -2.16. The van der Waals surface area contributed by atoms with Gasteiger partial charge in [0, 0.05) is 12.0 Å². The topological polar surface area (TPSA) is 179 Å². The smallest absolute Gasteiger partial charge is 0.270 e. The zero-order valence-corrected chi connectivity index (χ0v) is 14.5. The minimum absolute atomic E-state index is 0.0517. The second-order valence-corrected chi connectivity index (χ2v) is 5.51. The lowest BCUT2D eigenvalue weighted by molar-refractivity contribution is -0.120. The Morgan fingerprint density at radius 2 is 1.74 bits per heavy atom. The minimum atomic E-state index is -1.11. The standard InChI is InChI=1S/C17H19N7O3/c1-2-13(25)11-7-12(22-8-21-11)17(27)23-14(16(19)26)9-3-5-10(6-4-9)15(18)24-20/h3-8,14H,2,20H2,1H3,(H2,18,24)(H2,19,26)(H,23,27). The van der Waals surface area contributed by atoms with Crippen LogP contribution in [0.15, 0.2) is 41.8 Å². The summed E-state index contributed by atoms with van der Waals surface area (Å²) in [6.45, 7) is 1.68. The number of hydrogen-bond donors (Lipinski definition) is 4. The van der Waals surface area contributed by atoms with E-state index in [1.165, 1.54) is 6.07 Å². The number of rotatable bonds is 7. The van der Waals surface area contributed by atoms with Gasteiger partial charge in [-0.15, -0.1) is 0 Å². The highest BCUT2D eigenvalue weighted by Crippen LogP contribution is 2.15. The summed E-state index contributed by atoms with van der Waals surface area (Å²) in [5.74, 6) is 3.58. The molecule has 2 aromatic rings. The Kier molecular flexibility index (Phi) is 6.15. The summed E-state index contributed by atoms with van der Waals surface area (Å²) in [4.78, 5) is 43.7. The van der Waals surface area contributed by atoms with Crippen LogP contribution in [0.2, 0.25) is 0 Å². The number of aromatic nitrogens is 2. The van der Waals surface area contributed by atoms with Crippen LogP contribution in [0.25, 0.3) is 0 Å².